The fourth-order valence-electron chi connectivity index (χ4n) is 2.73. The summed E-state index contributed by atoms with van der Waals surface area (Å²) in [5.74, 6) is 0.720. The van der Waals surface area contributed by atoms with Crippen LogP contribution in [0.1, 0.15) is 39.7 Å². The predicted molar refractivity (Wildman–Crippen MR) is 91.6 cm³/mol. The van der Waals surface area contributed by atoms with Gasteiger partial charge in [0.1, 0.15) is 0 Å². The summed E-state index contributed by atoms with van der Waals surface area (Å²) in [5, 5.41) is 4.85. The number of pyridine rings is 1. The molecule has 0 amide bonds. The SMILES string of the molecule is CC(C)CNCCC(C)(C)Cc1ccnc2ccccc12. The number of fused-ring (bicyclic) bond motifs is 1. The Morgan fingerprint density at radius 3 is 2.67 bits per heavy atom. The normalized spacial score (nSPS) is 12.2. The van der Waals surface area contributed by atoms with Crippen LogP contribution in [0.4, 0.5) is 0 Å². The van der Waals surface area contributed by atoms with Gasteiger partial charge in [-0.25, -0.2) is 0 Å². The van der Waals surface area contributed by atoms with Crippen molar-refractivity contribution in [1.82, 2.24) is 10.3 Å². The number of rotatable bonds is 7. The standard InChI is InChI=1S/C19H28N2/c1-15(2)14-20-12-10-19(3,4)13-16-9-11-21-18-8-6-5-7-17(16)18/h5-9,11,15,20H,10,12-14H2,1-4H3. The van der Waals surface area contributed by atoms with E-state index in [0.29, 0.717) is 5.41 Å². The molecule has 2 aromatic rings. The second-order valence-electron chi connectivity index (χ2n) is 7.18. The minimum Gasteiger partial charge on any atom is -0.316 e. The van der Waals surface area contributed by atoms with Crippen LogP contribution in [0.15, 0.2) is 36.5 Å². The predicted octanol–water partition coefficient (Wildman–Crippen LogP) is 4.44. The van der Waals surface area contributed by atoms with Crippen molar-refractivity contribution in [3.05, 3.63) is 42.1 Å². The first kappa shape index (κ1) is 16.0. The second kappa shape index (κ2) is 7.04. The Labute approximate surface area is 129 Å². The molecule has 0 saturated heterocycles. The first-order valence-electron chi connectivity index (χ1n) is 8.01. The van der Waals surface area contributed by atoms with Crippen molar-refractivity contribution < 1.29 is 0 Å². The third kappa shape index (κ3) is 4.82. The first-order valence-corrected chi connectivity index (χ1v) is 8.01. The molecule has 0 spiro atoms. The van der Waals surface area contributed by atoms with E-state index in [0.717, 1.165) is 30.9 Å². The van der Waals surface area contributed by atoms with Crippen molar-refractivity contribution in [2.24, 2.45) is 11.3 Å². The van der Waals surface area contributed by atoms with Gasteiger partial charge in [-0.1, -0.05) is 45.9 Å². The second-order valence-corrected chi connectivity index (χ2v) is 7.18. The van der Waals surface area contributed by atoms with Crippen LogP contribution in [0.2, 0.25) is 0 Å². The zero-order chi connectivity index (χ0) is 15.3. The molecule has 114 valence electrons. The van der Waals surface area contributed by atoms with Crippen molar-refractivity contribution in [3.63, 3.8) is 0 Å². The van der Waals surface area contributed by atoms with Crippen molar-refractivity contribution in [2.75, 3.05) is 13.1 Å². The highest BCUT2D eigenvalue weighted by molar-refractivity contribution is 5.81. The molecule has 0 unspecified atom stereocenters. The topological polar surface area (TPSA) is 24.9 Å². The minimum atomic E-state index is 0.300. The Bertz CT molecular complexity index is 567. The van der Waals surface area contributed by atoms with Gasteiger partial charge in [0.25, 0.3) is 0 Å². The van der Waals surface area contributed by atoms with Crippen LogP contribution in [0, 0.1) is 11.3 Å². The van der Waals surface area contributed by atoms with Gasteiger partial charge in [-0.2, -0.15) is 0 Å². The summed E-state index contributed by atoms with van der Waals surface area (Å²) in [6.45, 7) is 11.4. The molecular weight excluding hydrogens is 256 g/mol. The number of para-hydroxylation sites is 1. The third-order valence-corrected chi connectivity index (χ3v) is 3.94. The van der Waals surface area contributed by atoms with E-state index < -0.39 is 0 Å². The number of nitrogens with one attached hydrogen (secondary N) is 1. The summed E-state index contributed by atoms with van der Waals surface area (Å²) in [5.41, 5.74) is 2.81. The molecule has 0 bridgehead atoms. The Kier molecular flexibility index (Phi) is 5.35. The number of benzene rings is 1. The van der Waals surface area contributed by atoms with Crippen LogP contribution in [-0.2, 0) is 6.42 Å². The molecule has 1 heterocycles. The van der Waals surface area contributed by atoms with Gasteiger partial charge < -0.3 is 5.32 Å². The first-order chi connectivity index (χ1) is 9.98. The van der Waals surface area contributed by atoms with E-state index in [-0.39, 0.29) is 0 Å². The van der Waals surface area contributed by atoms with Gasteiger partial charge in [-0.15, -0.1) is 0 Å². The smallest absolute Gasteiger partial charge is 0.0704 e. The lowest BCUT2D eigenvalue weighted by molar-refractivity contribution is 0.323. The van der Waals surface area contributed by atoms with E-state index in [1.807, 2.05) is 6.20 Å². The van der Waals surface area contributed by atoms with Crippen LogP contribution < -0.4 is 5.32 Å². The monoisotopic (exact) mass is 284 g/mol. The number of nitrogens with zero attached hydrogens (tertiary/aromatic N) is 1. The third-order valence-electron chi connectivity index (χ3n) is 3.94. The molecule has 0 atom stereocenters. The van der Waals surface area contributed by atoms with E-state index in [4.69, 9.17) is 0 Å². The molecule has 1 N–H and O–H groups in total. The van der Waals surface area contributed by atoms with E-state index in [9.17, 15) is 0 Å². The Balaban J connectivity index is 2.01. The molecule has 0 radical (unpaired) electrons. The largest absolute Gasteiger partial charge is 0.316 e. The Morgan fingerprint density at radius 1 is 1.14 bits per heavy atom. The van der Waals surface area contributed by atoms with Crippen molar-refractivity contribution in [3.8, 4) is 0 Å². The molecule has 1 aromatic carbocycles. The molecule has 0 aliphatic heterocycles. The fraction of sp³-hybridized carbons (Fsp3) is 0.526. The Morgan fingerprint density at radius 2 is 1.90 bits per heavy atom. The van der Waals surface area contributed by atoms with E-state index in [2.05, 4.69) is 68.3 Å². The number of hydrogen-bond acceptors (Lipinski definition) is 2. The molecule has 21 heavy (non-hydrogen) atoms. The maximum Gasteiger partial charge on any atom is 0.0704 e. The van der Waals surface area contributed by atoms with Crippen LogP contribution in [0.25, 0.3) is 10.9 Å². The van der Waals surface area contributed by atoms with E-state index >= 15 is 0 Å². The lowest BCUT2D eigenvalue weighted by Gasteiger charge is -2.26. The lowest BCUT2D eigenvalue weighted by Crippen LogP contribution is -2.26. The molecule has 0 saturated carbocycles. The molecule has 0 fully saturated rings. The molecule has 2 heteroatoms. The summed E-state index contributed by atoms with van der Waals surface area (Å²) in [4.78, 5) is 4.45. The zero-order valence-corrected chi connectivity index (χ0v) is 13.8. The summed E-state index contributed by atoms with van der Waals surface area (Å²) in [7, 11) is 0. The average molecular weight is 284 g/mol. The van der Waals surface area contributed by atoms with Gasteiger partial charge in [0.05, 0.1) is 5.52 Å². The Hall–Kier alpha value is -1.41. The van der Waals surface area contributed by atoms with Crippen LogP contribution in [-0.4, -0.2) is 18.1 Å². The van der Waals surface area contributed by atoms with Gasteiger partial charge in [-0.05, 0) is 55.0 Å². The summed E-state index contributed by atoms with van der Waals surface area (Å²) in [6.07, 6.45) is 4.22. The van der Waals surface area contributed by atoms with Crippen LogP contribution >= 0.6 is 0 Å². The highest BCUT2D eigenvalue weighted by atomic mass is 14.9. The minimum absolute atomic E-state index is 0.300. The zero-order valence-electron chi connectivity index (χ0n) is 13.8. The quantitative estimate of drug-likeness (QED) is 0.760. The van der Waals surface area contributed by atoms with Gasteiger partial charge in [0, 0.05) is 11.6 Å². The molecule has 1 aromatic heterocycles. The maximum atomic E-state index is 4.45. The molecule has 0 aliphatic carbocycles. The molecule has 0 aliphatic rings. The number of hydrogen-bond donors (Lipinski definition) is 1. The van der Waals surface area contributed by atoms with E-state index in [1.165, 1.54) is 17.4 Å². The molecule has 2 nitrogen and oxygen atoms in total. The van der Waals surface area contributed by atoms with Crippen molar-refractivity contribution >= 4 is 10.9 Å². The van der Waals surface area contributed by atoms with Crippen molar-refractivity contribution in [1.29, 1.82) is 0 Å². The van der Waals surface area contributed by atoms with Crippen molar-refractivity contribution in [2.45, 2.75) is 40.5 Å². The summed E-state index contributed by atoms with van der Waals surface area (Å²) < 4.78 is 0. The average Bonchev–Trinajstić information content (AvgIpc) is 2.44. The molecular formula is C19H28N2. The van der Waals surface area contributed by atoms with E-state index in [1.54, 1.807) is 0 Å². The van der Waals surface area contributed by atoms with Crippen LogP contribution in [0.5, 0.6) is 0 Å². The van der Waals surface area contributed by atoms with Gasteiger partial charge in [0.15, 0.2) is 0 Å². The summed E-state index contributed by atoms with van der Waals surface area (Å²) >= 11 is 0. The molecule has 2 rings (SSSR count). The fourth-order valence-corrected chi connectivity index (χ4v) is 2.73. The number of aromatic nitrogens is 1. The lowest BCUT2D eigenvalue weighted by atomic mass is 9.82. The van der Waals surface area contributed by atoms with Crippen LogP contribution in [0.3, 0.4) is 0 Å². The maximum absolute atomic E-state index is 4.45. The van der Waals surface area contributed by atoms with Gasteiger partial charge >= 0.3 is 0 Å². The highest BCUT2D eigenvalue weighted by Crippen LogP contribution is 2.28. The summed E-state index contributed by atoms with van der Waals surface area (Å²) in [6, 6.07) is 10.6. The van der Waals surface area contributed by atoms with Gasteiger partial charge in [0.2, 0.25) is 0 Å². The highest BCUT2D eigenvalue weighted by Gasteiger charge is 2.19. The van der Waals surface area contributed by atoms with Gasteiger partial charge in [-0.3, -0.25) is 4.98 Å².